The zero-order valence-corrected chi connectivity index (χ0v) is 12.3. The molecule has 0 saturated carbocycles. The van der Waals surface area contributed by atoms with Crippen LogP contribution in [-0.2, 0) is 0 Å². The predicted molar refractivity (Wildman–Crippen MR) is 78.5 cm³/mol. The van der Waals surface area contributed by atoms with Gasteiger partial charge < -0.3 is 0 Å². The summed E-state index contributed by atoms with van der Waals surface area (Å²) >= 11 is 0. The summed E-state index contributed by atoms with van der Waals surface area (Å²) < 4.78 is 0. The highest BCUT2D eigenvalue weighted by Gasteiger charge is 2.37. The van der Waals surface area contributed by atoms with Crippen molar-refractivity contribution >= 4 is 0 Å². The van der Waals surface area contributed by atoms with E-state index in [0.717, 1.165) is 19.5 Å². The van der Waals surface area contributed by atoms with E-state index in [1.807, 2.05) is 0 Å². The second-order valence-electron chi connectivity index (χ2n) is 6.39. The lowest BCUT2D eigenvalue weighted by atomic mass is 9.72. The van der Waals surface area contributed by atoms with Gasteiger partial charge in [0.05, 0.1) is 6.07 Å². The number of rotatable bonds is 3. The third-order valence-electron chi connectivity index (χ3n) is 4.65. The quantitative estimate of drug-likeness (QED) is 0.817. The van der Waals surface area contributed by atoms with Crippen molar-refractivity contribution in [1.29, 1.82) is 5.26 Å². The molecule has 1 saturated heterocycles. The maximum absolute atomic E-state index is 8.94. The molecular formula is C17H24N2. The number of benzene rings is 1. The van der Waals surface area contributed by atoms with Crippen molar-refractivity contribution in [2.75, 3.05) is 13.1 Å². The number of likely N-dealkylation sites (tertiary alicyclic amines) is 1. The van der Waals surface area contributed by atoms with E-state index in [2.05, 4.69) is 62.1 Å². The van der Waals surface area contributed by atoms with Crippen LogP contribution >= 0.6 is 0 Å². The Kier molecular flexibility index (Phi) is 4.27. The van der Waals surface area contributed by atoms with E-state index in [0.29, 0.717) is 18.4 Å². The van der Waals surface area contributed by atoms with Gasteiger partial charge in [-0.2, -0.15) is 5.26 Å². The maximum atomic E-state index is 8.94. The standard InChI is InChI=1S/C17H24N2/c1-14(15-7-5-4-6-8-15)19-12-10-16(9-11-18)17(2,3)13-19/h4-8,14,16H,9-10,12-13H2,1-3H3. The molecule has 1 aliphatic heterocycles. The monoisotopic (exact) mass is 256 g/mol. The SMILES string of the molecule is CC(c1ccccc1)N1CCC(CC#N)C(C)(C)C1. The Morgan fingerprint density at radius 2 is 2.05 bits per heavy atom. The topological polar surface area (TPSA) is 27.0 Å². The van der Waals surface area contributed by atoms with E-state index >= 15 is 0 Å². The first-order valence-electron chi connectivity index (χ1n) is 7.20. The largest absolute Gasteiger partial charge is 0.296 e. The summed E-state index contributed by atoms with van der Waals surface area (Å²) in [4.78, 5) is 2.56. The van der Waals surface area contributed by atoms with Crippen LogP contribution < -0.4 is 0 Å². The number of hydrogen-bond donors (Lipinski definition) is 0. The fraction of sp³-hybridized carbons (Fsp3) is 0.588. The highest BCUT2D eigenvalue weighted by atomic mass is 15.2. The van der Waals surface area contributed by atoms with Crippen LogP contribution in [0.15, 0.2) is 30.3 Å². The van der Waals surface area contributed by atoms with Crippen LogP contribution in [0.3, 0.4) is 0 Å². The summed E-state index contributed by atoms with van der Waals surface area (Å²) in [6.07, 6.45) is 1.83. The van der Waals surface area contributed by atoms with Gasteiger partial charge in [-0.15, -0.1) is 0 Å². The Balaban J connectivity index is 2.07. The summed E-state index contributed by atoms with van der Waals surface area (Å²) in [6, 6.07) is 13.5. The van der Waals surface area contributed by atoms with Gasteiger partial charge in [-0.25, -0.2) is 0 Å². The predicted octanol–water partition coefficient (Wildman–Crippen LogP) is 4.01. The van der Waals surface area contributed by atoms with Crippen LogP contribution in [0.25, 0.3) is 0 Å². The fourth-order valence-electron chi connectivity index (χ4n) is 3.21. The van der Waals surface area contributed by atoms with E-state index < -0.39 is 0 Å². The van der Waals surface area contributed by atoms with E-state index in [9.17, 15) is 0 Å². The van der Waals surface area contributed by atoms with E-state index in [-0.39, 0.29) is 5.41 Å². The normalized spacial score (nSPS) is 24.6. The summed E-state index contributed by atoms with van der Waals surface area (Å²) in [6.45, 7) is 9.08. The third-order valence-corrected chi connectivity index (χ3v) is 4.65. The van der Waals surface area contributed by atoms with Gasteiger partial charge in [0.25, 0.3) is 0 Å². The van der Waals surface area contributed by atoms with E-state index in [1.165, 1.54) is 5.56 Å². The average molecular weight is 256 g/mol. The van der Waals surface area contributed by atoms with Crippen molar-refractivity contribution < 1.29 is 0 Å². The molecule has 0 aliphatic carbocycles. The fourth-order valence-corrected chi connectivity index (χ4v) is 3.21. The molecule has 1 heterocycles. The molecule has 19 heavy (non-hydrogen) atoms. The molecule has 0 radical (unpaired) electrons. The lowest BCUT2D eigenvalue weighted by Gasteiger charge is -2.46. The molecule has 2 unspecified atom stereocenters. The van der Waals surface area contributed by atoms with Gasteiger partial charge in [0.1, 0.15) is 0 Å². The number of nitrogens with zero attached hydrogens (tertiary/aromatic N) is 2. The first kappa shape index (κ1) is 14.1. The van der Waals surface area contributed by atoms with Crippen LogP contribution in [0.5, 0.6) is 0 Å². The van der Waals surface area contributed by atoms with Gasteiger partial charge in [0.15, 0.2) is 0 Å². The Morgan fingerprint density at radius 1 is 1.37 bits per heavy atom. The summed E-state index contributed by atoms with van der Waals surface area (Å²) in [5.74, 6) is 0.539. The number of nitriles is 1. The van der Waals surface area contributed by atoms with Crippen LogP contribution in [-0.4, -0.2) is 18.0 Å². The first-order valence-corrected chi connectivity index (χ1v) is 7.20. The van der Waals surface area contributed by atoms with Crippen LogP contribution in [0.2, 0.25) is 0 Å². The van der Waals surface area contributed by atoms with Crippen molar-refractivity contribution in [3.05, 3.63) is 35.9 Å². The Labute approximate surface area is 117 Å². The van der Waals surface area contributed by atoms with Crippen molar-refractivity contribution in [3.63, 3.8) is 0 Å². The summed E-state index contributed by atoms with van der Waals surface area (Å²) in [5.41, 5.74) is 1.62. The lowest BCUT2D eigenvalue weighted by Crippen LogP contribution is -2.46. The van der Waals surface area contributed by atoms with Gasteiger partial charge in [0, 0.05) is 19.0 Å². The molecule has 2 heteroatoms. The van der Waals surface area contributed by atoms with E-state index in [1.54, 1.807) is 0 Å². The van der Waals surface area contributed by atoms with Gasteiger partial charge in [-0.1, -0.05) is 44.2 Å². The average Bonchev–Trinajstić information content (AvgIpc) is 2.41. The van der Waals surface area contributed by atoms with Crippen molar-refractivity contribution in [3.8, 4) is 6.07 Å². The summed E-state index contributed by atoms with van der Waals surface area (Å²) in [5, 5.41) is 8.94. The number of hydrogen-bond acceptors (Lipinski definition) is 2. The van der Waals surface area contributed by atoms with Crippen LogP contribution in [0.1, 0.15) is 45.2 Å². The van der Waals surface area contributed by atoms with Gasteiger partial charge in [-0.05, 0) is 36.8 Å². The van der Waals surface area contributed by atoms with Crippen LogP contribution in [0, 0.1) is 22.7 Å². The van der Waals surface area contributed by atoms with Gasteiger partial charge in [0.2, 0.25) is 0 Å². The second-order valence-corrected chi connectivity index (χ2v) is 6.39. The second kappa shape index (κ2) is 5.75. The molecule has 2 atom stereocenters. The molecule has 102 valence electrons. The molecule has 0 bridgehead atoms. The van der Waals surface area contributed by atoms with Gasteiger partial charge >= 0.3 is 0 Å². The molecule has 1 aliphatic rings. The molecule has 0 amide bonds. The molecule has 0 aromatic heterocycles. The minimum Gasteiger partial charge on any atom is -0.296 e. The molecule has 0 N–H and O–H groups in total. The zero-order valence-electron chi connectivity index (χ0n) is 12.3. The van der Waals surface area contributed by atoms with E-state index in [4.69, 9.17) is 5.26 Å². The maximum Gasteiger partial charge on any atom is 0.0624 e. The van der Waals surface area contributed by atoms with Gasteiger partial charge in [-0.3, -0.25) is 4.90 Å². The molecular weight excluding hydrogens is 232 g/mol. The third kappa shape index (κ3) is 3.16. The Hall–Kier alpha value is -1.33. The molecule has 0 spiro atoms. The first-order chi connectivity index (χ1) is 9.04. The Morgan fingerprint density at radius 3 is 2.63 bits per heavy atom. The smallest absolute Gasteiger partial charge is 0.0624 e. The highest BCUT2D eigenvalue weighted by molar-refractivity contribution is 5.18. The molecule has 1 aromatic rings. The van der Waals surface area contributed by atoms with Crippen molar-refractivity contribution in [2.45, 2.75) is 39.7 Å². The minimum absolute atomic E-state index is 0.233. The zero-order chi connectivity index (χ0) is 13.9. The number of piperidine rings is 1. The minimum atomic E-state index is 0.233. The van der Waals surface area contributed by atoms with Crippen molar-refractivity contribution in [1.82, 2.24) is 4.90 Å². The molecule has 2 rings (SSSR count). The molecule has 2 nitrogen and oxygen atoms in total. The Bertz CT molecular complexity index is 444. The highest BCUT2D eigenvalue weighted by Crippen LogP contribution is 2.39. The summed E-state index contributed by atoms with van der Waals surface area (Å²) in [7, 11) is 0. The van der Waals surface area contributed by atoms with Crippen LogP contribution in [0.4, 0.5) is 0 Å². The lowest BCUT2D eigenvalue weighted by molar-refractivity contribution is 0.0338. The molecule has 1 fully saturated rings. The molecule has 1 aromatic carbocycles. The van der Waals surface area contributed by atoms with Crippen molar-refractivity contribution in [2.24, 2.45) is 11.3 Å².